The van der Waals surface area contributed by atoms with E-state index in [2.05, 4.69) is 0 Å². The fourth-order valence-corrected chi connectivity index (χ4v) is 3.17. The Morgan fingerprint density at radius 1 is 1.00 bits per heavy atom. The average molecular weight is 218 g/mol. The third-order valence-corrected chi connectivity index (χ3v) is 5.00. The van der Waals surface area contributed by atoms with Crippen LogP contribution in [0.1, 0.15) is 6.92 Å². The topological polar surface area (TPSA) is 40.5 Å². The average Bonchev–Trinajstić information content (AvgIpc) is 2.28. The quantitative estimate of drug-likeness (QED) is 0.750. The van der Waals surface area contributed by atoms with Crippen LogP contribution in [0.3, 0.4) is 0 Å². The van der Waals surface area contributed by atoms with Gasteiger partial charge in [-0.25, -0.2) is 0 Å². The number of rotatable bonds is 2. The highest BCUT2D eigenvalue weighted by atomic mass is 28.4. The molecule has 0 spiro atoms. The standard InChI is InChI=1S/C12H14O2Si/c1-2-15(13,14)12-9-5-7-10-6-3-4-8-11(10)12/h3-9,13-14H,2H2,1H3. The summed E-state index contributed by atoms with van der Waals surface area (Å²) >= 11 is 0. The Balaban J connectivity index is 2.71. The summed E-state index contributed by atoms with van der Waals surface area (Å²) in [6.07, 6.45) is 0. The van der Waals surface area contributed by atoms with Crippen molar-refractivity contribution >= 4 is 24.5 Å². The first-order valence-electron chi connectivity index (χ1n) is 5.08. The molecule has 2 N–H and O–H groups in total. The molecular weight excluding hydrogens is 204 g/mol. The van der Waals surface area contributed by atoms with E-state index in [-0.39, 0.29) is 0 Å². The molecule has 2 rings (SSSR count). The van der Waals surface area contributed by atoms with Crippen molar-refractivity contribution in [2.45, 2.75) is 13.0 Å². The van der Waals surface area contributed by atoms with Crippen LogP contribution in [-0.4, -0.2) is 18.2 Å². The van der Waals surface area contributed by atoms with E-state index in [4.69, 9.17) is 0 Å². The van der Waals surface area contributed by atoms with Gasteiger partial charge in [0.2, 0.25) is 0 Å². The first-order chi connectivity index (χ1) is 7.15. The zero-order valence-electron chi connectivity index (χ0n) is 8.64. The number of hydrogen-bond donors (Lipinski definition) is 2. The van der Waals surface area contributed by atoms with Gasteiger partial charge in [0.05, 0.1) is 0 Å². The maximum atomic E-state index is 9.99. The zero-order valence-corrected chi connectivity index (χ0v) is 9.64. The maximum absolute atomic E-state index is 9.99. The smallest absolute Gasteiger partial charge is 0.367 e. The van der Waals surface area contributed by atoms with E-state index in [0.717, 1.165) is 10.8 Å². The molecule has 78 valence electrons. The Morgan fingerprint density at radius 3 is 2.40 bits per heavy atom. The van der Waals surface area contributed by atoms with Gasteiger partial charge in [0.15, 0.2) is 0 Å². The van der Waals surface area contributed by atoms with Crippen LogP contribution in [0, 0.1) is 0 Å². The first-order valence-corrected chi connectivity index (χ1v) is 7.18. The van der Waals surface area contributed by atoms with Gasteiger partial charge in [-0.3, -0.25) is 0 Å². The molecule has 0 unspecified atom stereocenters. The fraction of sp³-hybridized carbons (Fsp3) is 0.167. The molecule has 2 nitrogen and oxygen atoms in total. The molecule has 0 heterocycles. The van der Waals surface area contributed by atoms with Gasteiger partial charge in [0.1, 0.15) is 0 Å². The lowest BCUT2D eigenvalue weighted by molar-refractivity contribution is 0.383. The molecule has 3 heteroatoms. The van der Waals surface area contributed by atoms with Gasteiger partial charge in [-0.2, -0.15) is 0 Å². The van der Waals surface area contributed by atoms with Crippen molar-refractivity contribution in [3.63, 3.8) is 0 Å². The van der Waals surface area contributed by atoms with E-state index in [1.54, 1.807) is 0 Å². The molecule has 0 bridgehead atoms. The summed E-state index contributed by atoms with van der Waals surface area (Å²) in [7, 11) is -3.22. The van der Waals surface area contributed by atoms with Crippen LogP contribution in [0.5, 0.6) is 0 Å². The summed E-state index contributed by atoms with van der Waals surface area (Å²) in [5.74, 6) is 0. The Hall–Kier alpha value is -1.16. The second kappa shape index (κ2) is 3.77. The number of fused-ring (bicyclic) bond motifs is 1. The molecule has 2 aromatic carbocycles. The molecule has 0 atom stereocenters. The lowest BCUT2D eigenvalue weighted by Gasteiger charge is -2.18. The molecular formula is C12H14O2Si. The highest BCUT2D eigenvalue weighted by Crippen LogP contribution is 2.14. The molecule has 0 radical (unpaired) electrons. The normalized spacial score (nSPS) is 11.9. The van der Waals surface area contributed by atoms with E-state index in [1.807, 2.05) is 49.4 Å². The summed E-state index contributed by atoms with van der Waals surface area (Å²) < 4.78 is 0. The van der Waals surface area contributed by atoms with Crippen LogP contribution >= 0.6 is 0 Å². The van der Waals surface area contributed by atoms with E-state index >= 15 is 0 Å². The lowest BCUT2D eigenvalue weighted by atomic mass is 10.1. The summed E-state index contributed by atoms with van der Waals surface area (Å²) in [6, 6.07) is 13.9. The van der Waals surface area contributed by atoms with Crippen molar-refractivity contribution in [1.82, 2.24) is 0 Å². The SMILES string of the molecule is CC[Si](O)(O)c1cccc2ccccc12. The Labute approximate surface area is 90.1 Å². The van der Waals surface area contributed by atoms with E-state index in [0.29, 0.717) is 11.2 Å². The summed E-state index contributed by atoms with van der Waals surface area (Å²) in [5, 5.41) is 2.73. The van der Waals surface area contributed by atoms with Gasteiger partial charge in [-0.1, -0.05) is 49.4 Å². The minimum atomic E-state index is -3.22. The van der Waals surface area contributed by atoms with Crippen molar-refractivity contribution in [3.05, 3.63) is 42.5 Å². The largest absolute Gasteiger partial charge is 0.407 e. The summed E-state index contributed by atoms with van der Waals surface area (Å²) in [5.41, 5.74) is 0. The molecule has 0 amide bonds. The molecule has 0 saturated carbocycles. The predicted molar refractivity (Wildman–Crippen MR) is 64.3 cm³/mol. The van der Waals surface area contributed by atoms with Crippen LogP contribution in [0.2, 0.25) is 6.04 Å². The van der Waals surface area contributed by atoms with Crippen molar-refractivity contribution in [2.75, 3.05) is 0 Å². The molecule has 0 aromatic heterocycles. The Bertz CT molecular complexity index is 475. The second-order valence-electron chi connectivity index (χ2n) is 3.70. The van der Waals surface area contributed by atoms with E-state index in [9.17, 15) is 9.59 Å². The van der Waals surface area contributed by atoms with Crippen molar-refractivity contribution in [2.24, 2.45) is 0 Å². The van der Waals surface area contributed by atoms with E-state index in [1.165, 1.54) is 0 Å². The number of benzene rings is 2. The monoisotopic (exact) mass is 218 g/mol. The maximum Gasteiger partial charge on any atom is 0.367 e. The van der Waals surface area contributed by atoms with Crippen LogP contribution in [-0.2, 0) is 0 Å². The number of hydrogen-bond acceptors (Lipinski definition) is 2. The fourth-order valence-electron chi connectivity index (χ4n) is 1.76. The van der Waals surface area contributed by atoms with E-state index < -0.39 is 8.56 Å². The third kappa shape index (κ3) is 1.81. The van der Waals surface area contributed by atoms with Gasteiger partial charge < -0.3 is 9.59 Å². The lowest BCUT2D eigenvalue weighted by Crippen LogP contribution is -2.48. The third-order valence-electron chi connectivity index (χ3n) is 2.71. The van der Waals surface area contributed by atoms with Gasteiger partial charge in [-0.15, -0.1) is 0 Å². The van der Waals surface area contributed by atoms with Gasteiger partial charge in [0.25, 0.3) is 0 Å². The molecule has 2 aromatic rings. The van der Waals surface area contributed by atoms with Crippen LogP contribution < -0.4 is 5.19 Å². The molecule has 0 aliphatic heterocycles. The molecule has 15 heavy (non-hydrogen) atoms. The Morgan fingerprint density at radius 2 is 1.67 bits per heavy atom. The first kappa shape index (κ1) is 10.4. The predicted octanol–water partition coefficient (Wildman–Crippen LogP) is 1.49. The van der Waals surface area contributed by atoms with Crippen molar-refractivity contribution in [3.8, 4) is 0 Å². The molecule has 0 saturated heterocycles. The van der Waals surface area contributed by atoms with Crippen LogP contribution in [0.15, 0.2) is 42.5 Å². The highest BCUT2D eigenvalue weighted by Gasteiger charge is 2.30. The van der Waals surface area contributed by atoms with Crippen LogP contribution in [0.25, 0.3) is 10.8 Å². The highest BCUT2D eigenvalue weighted by molar-refractivity contribution is 6.80. The second-order valence-corrected chi connectivity index (χ2v) is 6.58. The van der Waals surface area contributed by atoms with Crippen molar-refractivity contribution in [1.29, 1.82) is 0 Å². The molecule has 0 aliphatic carbocycles. The summed E-state index contributed by atoms with van der Waals surface area (Å²) in [6.45, 7) is 1.81. The minimum absolute atomic E-state index is 0.418. The Kier molecular flexibility index (Phi) is 2.60. The molecule has 0 aliphatic rings. The minimum Gasteiger partial charge on any atom is -0.407 e. The molecule has 0 fully saturated rings. The zero-order chi connectivity index (χ0) is 10.9. The van der Waals surface area contributed by atoms with Gasteiger partial charge >= 0.3 is 8.56 Å². The summed E-state index contributed by atoms with van der Waals surface area (Å²) in [4.78, 5) is 20.0. The van der Waals surface area contributed by atoms with Crippen LogP contribution in [0.4, 0.5) is 0 Å². The van der Waals surface area contributed by atoms with Crippen molar-refractivity contribution < 1.29 is 9.59 Å². The van der Waals surface area contributed by atoms with Gasteiger partial charge in [0, 0.05) is 5.19 Å². The van der Waals surface area contributed by atoms with Gasteiger partial charge in [-0.05, 0) is 16.8 Å².